The largest absolute Gasteiger partial charge is 0.384 e. The minimum atomic E-state index is 0.650. The molecule has 3 nitrogen and oxygen atoms in total. The van der Waals surface area contributed by atoms with Gasteiger partial charge in [-0.25, -0.2) is 0 Å². The second kappa shape index (κ2) is 6.38. The zero-order valence-electron chi connectivity index (χ0n) is 9.75. The standard InChI is InChI=1S/C11H24N2O/c1-10(9-14-3)8-13-6-4-5-11(13)7-12-2/h10-12H,4-9H2,1-3H3. The van der Waals surface area contributed by atoms with E-state index in [0.717, 1.165) is 19.2 Å². The van der Waals surface area contributed by atoms with E-state index >= 15 is 0 Å². The van der Waals surface area contributed by atoms with E-state index in [2.05, 4.69) is 17.1 Å². The number of methoxy groups -OCH3 is 1. The zero-order chi connectivity index (χ0) is 10.4. The number of rotatable bonds is 6. The second-order valence-corrected chi connectivity index (χ2v) is 4.41. The summed E-state index contributed by atoms with van der Waals surface area (Å²) in [5.74, 6) is 0.650. The summed E-state index contributed by atoms with van der Waals surface area (Å²) in [6.45, 7) is 6.71. The first-order valence-electron chi connectivity index (χ1n) is 5.65. The van der Waals surface area contributed by atoms with Crippen molar-refractivity contribution >= 4 is 0 Å². The Labute approximate surface area is 87.8 Å². The molecule has 1 N–H and O–H groups in total. The fourth-order valence-electron chi connectivity index (χ4n) is 2.34. The Kier molecular flexibility index (Phi) is 5.45. The quantitative estimate of drug-likeness (QED) is 0.691. The molecule has 84 valence electrons. The molecule has 1 aliphatic heterocycles. The maximum atomic E-state index is 5.17. The van der Waals surface area contributed by atoms with E-state index in [9.17, 15) is 0 Å². The zero-order valence-corrected chi connectivity index (χ0v) is 9.75. The molecular formula is C11H24N2O. The molecule has 0 aromatic rings. The van der Waals surface area contributed by atoms with Crippen LogP contribution in [0.25, 0.3) is 0 Å². The van der Waals surface area contributed by atoms with Crippen LogP contribution in [0.4, 0.5) is 0 Å². The molecule has 0 spiro atoms. The highest BCUT2D eigenvalue weighted by atomic mass is 16.5. The molecule has 0 aliphatic carbocycles. The van der Waals surface area contributed by atoms with Gasteiger partial charge >= 0.3 is 0 Å². The Morgan fingerprint density at radius 2 is 2.36 bits per heavy atom. The molecule has 0 amide bonds. The van der Waals surface area contributed by atoms with Crippen molar-refractivity contribution in [2.45, 2.75) is 25.8 Å². The van der Waals surface area contributed by atoms with E-state index in [1.165, 1.54) is 25.9 Å². The fourth-order valence-corrected chi connectivity index (χ4v) is 2.34. The summed E-state index contributed by atoms with van der Waals surface area (Å²) in [4.78, 5) is 2.60. The highest BCUT2D eigenvalue weighted by Crippen LogP contribution is 2.17. The van der Waals surface area contributed by atoms with Gasteiger partial charge in [-0.3, -0.25) is 4.90 Å². The average Bonchev–Trinajstić information content (AvgIpc) is 2.54. The molecule has 0 radical (unpaired) electrons. The lowest BCUT2D eigenvalue weighted by Gasteiger charge is -2.26. The molecule has 3 heteroatoms. The first kappa shape index (κ1) is 12.0. The Hall–Kier alpha value is -0.120. The van der Waals surface area contributed by atoms with Gasteiger partial charge in [0.25, 0.3) is 0 Å². The summed E-state index contributed by atoms with van der Waals surface area (Å²) in [7, 11) is 3.82. The molecule has 2 atom stereocenters. The van der Waals surface area contributed by atoms with Gasteiger partial charge in [0.2, 0.25) is 0 Å². The minimum Gasteiger partial charge on any atom is -0.384 e. The highest BCUT2D eigenvalue weighted by molar-refractivity contribution is 4.81. The van der Waals surface area contributed by atoms with E-state index in [-0.39, 0.29) is 0 Å². The van der Waals surface area contributed by atoms with Crippen molar-refractivity contribution in [3.8, 4) is 0 Å². The third-order valence-corrected chi connectivity index (χ3v) is 2.94. The molecule has 1 rings (SSSR count). The van der Waals surface area contributed by atoms with E-state index in [1.54, 1.807) is 7.11 Å². The number of likely N-dealkylation sites (N-methyl/N-ethyl adjacent to an activating group) is 1. The van der Waals surface area contributed by atoms with Gasteiger partial charge in [-0.1, -0.05) is 6.92 Å². The highest BCUT2D eigenvalue weighted by Gasteiger charge is 2.24. The number of nitrogens with zero attached hydrogens (tertiary/aromatic N) is 1. The van der Waals surface area contributed by atoms with E-state index in [4.69, 9.17) is 4.74 Å². The normalized spacial score (nSPS) is 25.5. The number of likely N-dealkylation sites (tertiary alicyclic amines) is 1. The van der Waals surface area contributed by atoms with Crippen LogP contribution in [0.15, 0.2) is 0 Å². The van der Waals surface area contributed by atoms with E-state index in [0.29, 0.717) is 5.92 Å². The molecule has 0 saturated carbocycles. The van der Waals surface area contributed by atoms with Crippen molar-refractivity contribution < 1.29 is 4.74 Å². The van der Waals surface area contributed by atoms with Gasteiger partial charge in [-0.2, -0.15) is 0 Å². The molecule has 1 heterocycles. The Morgan fingerprint density at radius 3 is 3.00 bits per heavy atom. The van der Waals surface area contributed by atoms with Gasteiger partial charge in [0.1, 0.15) is 0 Å². The van der Waals surface area contributed by atoms with Crippen molar-refractivity contribution in [1.82, 2.24) is 10.2 Å². The summed E-state index contributed by atoms with van der Waals surface area (Å²) in [5.41, 5.74) is 0. The van der Waals surface area contributed by atoms with Gasteiger partial charge < -0.3 is 10.1 Å². The number of hydrogen-bond donors (Lipinski definition) is 1. The molecule has 1 fully saturated rings. The lowest BCUT2D eigenvalue weighted by atomic mass is 10.1. The first-order chi connectivity index (χ1) is 6.77. The molecule has 14 heavy (non-hydrogen) atoms. The van der Waals surface area contributed by atoms with Gasteiger partial charge in [0.15, 0.2) is 0 Å². The second-order valence-electron chi connectivity index (χ2n) is 4.41. The fraction of sp³-hybridized carbons (Fsp3) is 1.00. The minimum absolute atomic E-state index is 0.650. The predicted octanol–water partition coefficient (Wildman–Crippen LogP) is 0.953. The smallest absolute Gasteiger partial charge is 0.0500 e. The van der Waals surface area contributed by atoms with Crippen molar-refractivity contribution in [3.05, 3.63) is 0 Å². The summed E-state index contributed by atoms with van der Waals surface area (Å²) in [5, 5.41) is 3.27. The third-order valence-electron chi connectivity index (χ3n) is 2.94. The van der Waals surface area contributed by atoms with Crippen LogP contribution in [0.5, 0.6) is 0 Å². The predicted molar refractivity (Wildman–Crippen MR) is 59.6 cm³/mol. The molecule has 0 aromatic heterocycles. The maximum absolute atomic E-state index is 5.17. The van der Waals surface area contributed by atoms with Crippen molar-refractivity contribution in [2.24, 2.45) is 5.92 Å². The monoisotopic (exact) mass is 200 g/mol. The molecule has 1 aliphatic rings. The van der Waals surface area contributed by atoms with Crippen LogP contribution in [0.1, 0.15) is 19.8 Å². The third kappa shape index (κ3) is 3.56. The van der Waals surface area contributed by atoms with Crippen LogP contribution in [0, 0.1) is 5.92 Å². The molecule has 2 unspecified atom stereocenters. The summed E-state index contributed by atoms with van der Waals surface area (Å²) in [6.07, 6.45) is 2.70. The van der Waals surface area contributed by atoms with Crippen LogP contribution in [-0.2, 0) is 4.74 Å². The van der Waals surface area contributed by atoms with Gasteiger partial charge in [0.05, 0.1) is 0 Å². The first-order valence-corrected chi connectivity index (χ1v) is 5.65. The molecule has 0 bridgehead atoms. The maximum Gasteiger partial charge on any atom is 0.0500 e. The van der Waals surface area contributed by atoms with Crippen molar-refractivity contribution in [1.29, 1.82) is 0 Å². The van der Waals surface area contributed by atoms with Crippen molar-refractivity contribution in [2.75, 3.05) is 40.4 Å². The van der Waals surface area contributed by atoms with E-state index in [1.807, 2.05) is 7.05 Å². The van der Waals surface area contributed by atoms with Crippen LogP contribution in [0.3, 0.4) is 0 Å². The number of hydrogen-bond acceptors (Lipinski definition) is 3. The van der Waals surface area contributed by atoms with Crippen molar-refractivity contribution in [3.63, 3.8) is 0 Å². The molecule has 0 aromatic carbocycles. The summed E-state index contributed by atoms with van der Waals surface area (Å²) >= 11 is 0. The van der Waals surface area contributed by atoms with E-state index < -0.39 is 0 Å². The number of nitrogens with one attached hydrogen (secondary N) is 1. The Bertz CT molecular complexity index is 152. The van der Waals surface area contributed by atoms with Crippen LogP contribution < -0.4 is 5.32 Å². The van der Waals surface area contributed by atoms with Gasteiger partial charge in [0, 0.05) is 32.8 Å². The van der Waals surface area contributed by atoms with Crippen LogP contribution in [0.2, 0.25) is 0 Å². The summed E-state index contributed by atoms with van der Waals surface area (Å²) in [6, 6.07) is 0.749. The van der Waals surface area contributed by atoms with Gasteiger partial charge in [-0.05, 0) is 32.4 Å². The SMILES string of the molecule is CNCC1CCCN1CC(C)COC. The summed E-state index contributed by atoms with van der Waals surface area (Å²) < 4.78 is 5.17. The lowest BCUT2D eigenvalue weighted by Crippen LogP contribution is -2.39. The average molecular weight is 200 g/mol. The molecule has 1 saturated heterocycles. The molecular weight excluding hydrogens is 176 g/mol. The van der Waals surface area contributed by atoms with Gasteiger partial charge in [-0.15, -0.1) is 0 Å². The van der Waals surface area contributed by atoms with Crippen LogP contribution in [-0.4, -0.2) is 51.3 Å². The van der Waals surface area contributed by atoms with Crippen LogP contribution >= 0.6 is 0 Å². The Morgan fingerprint density at radius 1 is 1.57 bits per heavy atom. The number of ether oxygens (including phenoxy) is 1. The Balaban J connectivity index is 2.27. The lowest BCUT2D eigenvalue weighted by molar-refractivity contribution is 0.124. The topological polar surface area (TPSA) is 24.5 Å².